The van der Waals surface area contributed by atoms with E-state index in [4.69, 9.17) is 5.11 Å². The molecule has 104 valence electrons. The Balaban J connectivity index is 1.85. The monoisotopic (exact) mass is 279 g/mol. The quantitative estimate of drug-likeness (QED) is 0.840. The van der Waals surface area contributed by atoms with E-state index in [1.54, 1.807) is 17.8 Å². The second-order valence-electron chi connectivity index (χ2n) is 5.03. The summed E-state index contributed by atoms with van der Waals surface area (Å²) in [5, 5.41) is 9.10. The van der Waals surface area contributed by atoms with Crippen LogP contribution in [0.25, 0.3) is 0 Å². The molecule has 3 nitrogen and oxygen atoms in total. The summed E-state index contributed by atoms with van der Waals surface area (Å²) in [6.45, 7) is 5.37. The predicted molar refractivity (Wildman–Crippen MR) is 79.2 cm³/mol. The molecule has 1 N–H and O–H groups in total. The molecule has 0 bridgehead atoms. The lowest BCUT2D eigenvalue weighted by molar-refractivity contribution is 0.0696. The van der Waals surface area contributed by atoms with Crippen molar-refractivity contribution < 1.29 is 9.90 Å². The van der Waals surface area contributed by atoms with Gasteiger partial charge in [-0.15, -0.1) is 11.8 Å². The highest BCUT2D eigenvalue weighted by atomic mass is 32.2. The van der Waals surface area contributed by atoms with E-state index in [0.29, 0.717) is 5.56 Å². The molecule has 1 aromatic rings. The number of carboxylic acids is 1. The third-order valence-electron chi connectivity index (χ3n) is 3.56. The molecule has 0 atom stereocenters. The number of thioether (sulfide) groups is 1. The summed E-state index contributed by atoms with van der Waals surface area (Å²) in [4.78, 5) is 14.6. The molecule has 0 saturated carbocycles. The lowest BCUT2D eigenvalue weighted by Crippen LogP contribution is -2.31. The molecule has 0 spiro atoms. The number of hydrogen-bond acceptors (Lipinski definition) is 3. The average Bonchev–Trinajstić information content (AvgIpc) is 2.41. The number of carboxylic acid groups (broad SMARTS) is 1. The molecular weight excluding hydrogens is 258 g/mol. The Hall–Kier alpha value is -1.00. The van der Waals surface area contributed by atoms with E-state index in [2.05, 4.69) is 4.90 Å². The van der Waals surface area contributed by atoms with Crippen molar-refractivity contribution in [3.63, 3.8) is 0 Å². The topological polar surface area (TPSA) is 40.5 Å². The van der Waals surface area contributed by atoms with Gasteiger partial charge in [0.25, 0.3) is 0 Å². The van der Waals surface area contributed by atoms with Crippen LogP contribution in [0, 0.1) is 6.92 Å². The minimum atomic E-state index is -0.837. The minimum Gasteiger partial charge on any atom is -0.478 e. The normalized spacial score (nSPS) is 16.5. The molecule has 0 radical (unpaired) electrons. The van der Waals surface area contributed by atoms with Crippen molar-refractivity contribution in [1.29, 1.82) is 0 Å². The molecular formula is C15H21NO2S. The number of aryl methyl sites for hydroxylation is 1. The number of piperidine rings is 1. The fourth-order valence-corrected chi connectivity index (χ4v) is 3.35. The molecule has 2 rings (SSSR count). The highest BCUT2D eigenvalue weighted by Gasteiger charge is 2.11. The smallest absolute Gasteiger partial charge is 0.335 e. The van der Waals surface area contributed by atoms with Gasteiger partial charge in [-0.05, 0) is 50.6 Å². The lowest BCUT2D eigenvalue weighted by Gasteiger charge is -2.26. The lowest BCUT2D eigenvalue weighted by atomic mass is 10.1. The summed E-state index contributed by atoms with van der Waals surface area (Å²) in [6.07, 6.45) is 4.00. The van der Waals surface area contributed by atoms with Crippen molar-refractivity contribution in [2.75, 3.05) is 25.4 Å². The maximum Gasteiger partial charge on any atom is 0.335 e. The molecule has 1 saturated heterocycles. The van der Waals surface area contributed by atoms with Gasteiger partial charge in [0.05, 0.1) is 5.56 Å². The predicted octanol–water partition coefficient (Wildman–Crippen LogP) is 3.27. The molecule has 0 aromatic heterocycles. The first-order valence-corrected chi connectivity index (χ1v) is 7.84. The zero-order valence-corrected chi connectivity index (χ0v) is 12.2. The van der Waals surface area contributed by atoms with Gasteiger partial charge >= 0.3 is 5.97 Å². The van der Waals surface area contributed by atoms with Crippen molar-refractivity contribution in [2.24, 2.45) is 0 Å². The molecule has 1 aromatic carbocycles. The number of carbonyl (C=O) groups is 1. The Bertz CT molecular complexity index is 442. The van der Waals surface area contributed by atoms with Crippen LogP contribution in [0.5, 0.6) is 0 Å². The largest absolute Gasteiger partial charge is 0.478 e. The summed E-state index contributed by atoms with van der Waals surface area (Å²) in [5.41, 5.74) is 1.25. The molecule has 0 unspecified atom stereocenters. The summed E-state index contributed by atoms with van der Waals surface area (Å²) in [5.74, 6) is 0.193. The van der Waals surface area contributed by atoms with Gasteiger partial charge in [0.2, 0.25) is 0 Å². The van der Waals surface area contributed by atoms with Crippen molar-refractivity contribution in [3.8, 4) is 0 Å². The van der Waals surface area contributed by atoms with Crippen molar-refractivity contribution in [1.82, 2.24) is 4.90 Å². The van der Waals surface area contributed by atoms with Gasteiger partial charge in [-0.3, -0.25) is 0 Å². The van der Waals surface area contributed by atoms with Crippen LogP contribution in [0.4, 0.5) is 0 Å². The van der Waals surface area contributed by atoms with Crippen LogP contribution in [0.1, 0.15) is 35.2 Å². The molecule has 4 heteroatoms. The van der Waals surface area contributed by atoms with Gasteiger partial charge < -0.3 is 10.0 Å². The van der Waals surface area contributed by atoms with E-state index in [0.717, 1.165) is 22.8 Å². The van der Waals surface area contributed by atoms with Gasteiger partial charge in [0, 0.05) is 17.2 Å². The zero-order chi connectivity index (χ0) is 13.7. The van der Waals surface area contributed by atoms with Crippen molar-refractivity contribution in [2.45, 2.75) is 31.1 Å². The molecule has 0 aliphatic carbocycles. The third-order valence-corrected chi connectivity index (χ3v) is 4.54. The van der Waals surface area contributed by atoms with Crippen LogP contribution in [0.15, 0.2) is 23.1 Å². The van der Waals surface area contributed by atoms with Crippen molar-refractivity contribution in [3.05, 3.63) is 29.3 Å². The first-order valence-electron chi connectivity index (χ1n) is 6.86. The zero-order valence-electron chi connectivity index (χ0n) is 11.4. The average molecular weight is 279 g/mol. The number of rotatable bonds is 5. The molecule has 0 amide bonds. The van der Waals surface area contributed by atoms with E-state index in [1.165, 1.54) is 32.4 Å². The maximum absolute atomic E-state index is 11.1. The Morgan fingerprint density at radius 1 is 1.32 bits per heavy atom. The highest BCUT2D eigenvalue weighted by molar-refractivity contribution is 7.99. The minimum absolute atomic E-state index is 0.419. The van der Waals surface area contributed by atoms with Crippen LogP contribution in [-0.4, -0.2) is 41.4 Å². The summed E-state index contributed by atoms with van der Waals surface area (Å²) >= 11 is 1.75. The Morgan fingerprint density at radius 3 is 2.74 bits per heavy atom. The third kappa shape index (κ3) is 4.25. The molecule has 19 heavy (non-hydrogen) atoms. The standard InChI is InChI=1S/C15H21NO2S/c1-12-5-6-13(11-14(12)15(17)18)19-10-9-16-7-3-2-4-8-16/h5-6,11H,2-4,7-10H2,1H3,(H,17,18). The Labute approximate surface area is 119 Å². The van der Waals surface area contributed by atoms with Crippen LogP contribution in [0.2, 0.25) is 0 Å². The number of hydrogen-bond donors (Lipinski definition) is 1. The molecule has 1 fully saturated rings. The maximum atomic E-state index is 11.1. The van der Waals surface area contributed by atoms with Gasteiger partial charge in [0.15, 0.2) is 0 Å². The van der Waals surface area contributed by atoms with E-state index < -0.39 is 5.97 Å². The molecule has 1 aliphatic heterocycles. The first kappa shape index (κ1) is 14.4. The Kier molecular flexibility index (Phi) is 5.28. The molecule has 1 heterocycles. The second kappa shape index (κ2) is 6.96. The fraction of sp³-hybridized carbons (Fsp3) is 0.533. The van der Waals surface area contributed by atoms with Crippen molar-refractivity contribution >= 4 is 17.7 Å². The van der Waals surface area contributed by atoms with Crippen LogP contribution in [0.3, 0.4) is 0 Å². The van der Waals surface area contributed by atoms with E-state index in [9.17, 15) is 4.79 Å². The Morgan fingerprint density at radius 2 is 2.05 bits per heavy atom. The highest BCUT2D eigenvalue weighted by Crippen LogP contribution is 2.22. The summed E-state index contributed by atoms with van der Waals surface area (Å²) < 4.78 is 0. The van der Waals surface area contributed by atoms with E-state index in [1.807, 2.05) is 19.1 Å². The number of likely N-dealkylation sites (tertiary alicyclic amines) is 1. The van der Waals surface area contributed by atoms with Crippen LogP contribution >= 0.6 is 11.8 Å². The SMILES string of the molecule is Cc1ccc(SCCN2CCCCC2)cc1C(=O)O. The second-order valence-corrected chi connectivity index (χ2v) is 6.20. The first-order chi connectivity index (χ1) is 9.16. The summed E-state index contributed by atoms with van der Waals surface area (Å²) in [6, 6.07) is 5.70. The fourth-order valence-electron chi connectivity index (χ4n) is 2.40. The van der Waals surface area contributed by atoms with E-state index in [-0.39, 0.29) is 0 Å². The van der Waals surface area contributed by atoms with Gasteiger partial charge in [0.1, 0.15) is 0 Å². The van der Waals surface area contributed by atoms with Gasteiger partial charge in [-0.2, -0.15) is 0 Å². The number of aromatic carboxylic acids is 1. The summed E-state index contributed by atoms with van der Waals surface area (Å²) in [7, 11) is 0. The van der Waals surface area contributed by atoms with Gasteiger partial charge in [-0.25, -0.2) is 4.79 Å². The molecule has 1 aliphatic rings. The van der Waals surface area contributed by atoms with Gasteiger partial charge in [-0.1, -0.05) is 12.5 Å². The van der Waals surface area contributed by atoms with Crippen LogP contribution < -0.4 is 0 Å². The van der Waals surface area contributed by atoms with Crippen LogP contribution in [-0.2, 0) is 0 Å². The number of nitrogens with zero attached hydrogens (tertiary/aromatic N) is 1. The number of benzene rings is 1. The van der Waals surface area contributed by atoms with E-state index >= 15 is 0 Å².